The van der Waals surface area contributed by atoms with Gasteiger partial charge in [-0.25, -0.2) is 0 Å². The summed E-state index contributed by atoms with van der Waals surface area (Å²) in [5.41, 5.74) is 1.27. The number of nitrogens with one attached hydrogen (secondary N) is 1. The first-order chi connectivity index (χ1) is 13.7. The van der Waals surface area contributed by atoms with Crippen molar-refractivity contribution in [3.05, 3.63) is 65.7 Å². The Morgan fingerprint density at radius 2 is 1.86 bits per heavy atom. The Morgan fingerprint density at radius 3 is 2.57 bits per heavy atom. The highest BCUT2D eigenvalue weighted by Crippen LogP contribution is 2.27. The van der Waals surface area contributed by atoms with E-state index in [0.717, 1.165) is 5.56 Å². The number of rotatable bonds is 9. The third-order valence-corrected chi connectivity index (χ3v) is 4.03. The fourth-order valence-electron chi connectivity index (χ4n) is 2.64. The van der Waals surface area contributed by atoms with Crippen molar-refractivity contribution >= 4 is 5.88 Å². The lowest BCUT2D eigenvalue weighted by Crippen LogP contribution is -2.05. The molecule has 1 heterocycles. The molecule has 0 aliphatic rings. The fraction of sp³-hybridized carbons (Fsp3) is 0.238. The molecular formula is C21H21N3O4. The molecule has 0 fully saturated rings. The van der Waals surface area contributed by atoms with Gasteiger partial charge in [0.2, 0.25) is 17.5 Å². The van der Waals surface area contributed by atoms with Crippen molar-refractivity contribution in [2.75, 3.05) is 26.1 Å². The average Bonchev–Trinajstić information content (AvgIpc) is 3.15. The Kier molecular flexibility index (Phi) is 6.37. The van der Waals surface area contributed by atoms with Gasteiger partial charge in [0.25, 0.3) is 0 Å². The number of benzene rings is 2. The molecule has 0 saturated heterocycles. The van der Waals surface area contributed by atoms with Crippen LogP contribution in [0.15, 0.2) is 52.9 Å². The first-order valence-electron chi connectivity index (χ1n) is 8.76. The van der Waals surface area contributed by atoms with Crippen LogP contribution in [0.2, 0.25) is 0 Å². The van der Waals surface area contributed by atoms with Gasteiger partial charge in [0.15, 0.2) is 18.1 Å². The average molecular weight is 379 g/mol. The van der Waals surface area contributed by atoms with Crippen molar-refractivity contribution in [1.82, 2.24) is 4.98 Å². The van der Waals surface area contributed by atoms with E-state index in [2.05, 4.69) is 10.3 Å². The molecule has 0 radical (unpaired) electrons. The van der Waals surface area contributed by atoms with E-state index in [4.69, 9.17) is 18.6 Å². The van der Waals surface area contributed by atoms with Crippen LogP contribution in [-0.2, 0) is 13.0 Å². The van der Waals surface area contributed by atoms with Crippen molar-refractivity contribution in [3.8, 4) is 23.3 Å². The molecule has 0 spiro atoms. The molecule has 7 nitrogen and oxygen atoms in total. The highest BCUT2D eigenvalue weighted by atomic mass is 16.5. The predicted molar refractivity (Wildman–Crippen MR) is 104 cm³/mol. The van der Waals surface area contributed by atoms with Gasteiger partial charge in [0.05, 0.1) is 14.2 Å². The van der Waals surface area contributed by atoms with Gasteiger partial charge in [-0.05, 0) is 36.2 Å². The normalized spacial score (nSPS) is 10.2. The summed E-state index contributed by atoms with van der Waals surface area (Å²) in [7, 11) is 3.21. The molecule has 7 heteroatoms. The van der Waals surface area contributed by atoms with Gasteiger partial charge < -0.3 is 23.9 Å². The molecule has 0 saturated carbocycles. The van der Waals surface area contributed by atoms with Crippen molar-refractivity contribution in [1.29, 1.82) is 5.26 Å². The second kappa shape index (κ2) is 9.33. The highest BCUT2D eigenvalue weighted by Gasteiger charge is 2.13. The predicted octanol–water partition coefficient (Wildman–Crippen LogP) is 3.80. The number of hydrogen-bond acceptors (Lipinski definition) is 7. The zero-order valence-electron chi connectivity index (χ0n) is 15.8. The topological polar surface area (TPSA) is 89.5 Å². The van der Waals surface area contributed by atoms with Gasteiger partial charge in [0, 0.05) is 6.54 Å². The summed E-state index contributed by atoms with van der Waals surface area (Å²) in [5.74, 6) is 2.76. The highest BCUT2D eigenvalue weighted by molar-refractivity contribution is 5.46. The van der Waals surface area contributed by atoms with Gasteiger partial charge in [0.1, 0.15) is 11.8 Å². The molecule has 144 valence electrons. The zero-order chi connectivity index (χ0) is 19.8. The smallest absolute Gasteiger partial charge is 0.236 e. The van der Waals surface area contributed by atoms with Crippen molar-refractivity contribution < 1.29 is 18.6 Å². The Bertz CT molecular complexity index is 948. The molecule has 3 aromatic rings. The molecule has 1 N–H and O–H groups in total. The number of para-hydroxylation sites is 1. The van der Waals surface area contributed by atoms with E-state index in [1.54, 1.807) is 14.2 Å². The maximum absolute atomic E-state index is 9.28. The van der Waals surface area contributed by atoms with Crippen LogP contribution in [0, 0.1) is 11.3 Å². The molecule has 0 unspecified atom stereocenters. The van der Waals surface area contributed by atoms with Gasteiger partial charge >= 0.3 is 0 Å². The molecule has 1 aromatic heterocycles. The second-order valence-electron chi connectivity index (χ2n) is 5.86. The number of aromatic nitrogens is 1. The quantitative estimate of drug-likeness (QED) is 0.605. The Hall–Kier alpha value is -3.66. The van der Waals surface area contributed by atoms with Crippen LogP contribution in [0.5, 0.6) is 17.2 Å². The van der Waals surface area contributed by atoms with Crippen LogP contribution in [-0.4, -0.2) is 25.7 Å². The van der Waals surface area contributed by atoms with Gasteiger partial charge in [-0.2, -0.15) is 10.2 Å². The van der Waals surface area contributed by atoms with Crippen LogP contribution in [0.1, 0.15) is 17.1 Å². The molecule has 0 atom stereocenters. The van der Waals surface area contributed by atoms with Crippen LogP contribution >= 0.6 is 0 Å². The molecular weight excluding hydrogens is 358 g/mol. The van der Waals surface area contributed by atoms with E-state index in [1.165, 1.54) is 0 Å². The number of nitrogens with zero attached hydrogens (tertiary/aromatic N) is 2. The zero-order valence-corrected chi connectivity index (χ0v) is 15.8. The molecule has 0 aliphatic heterocycles. The summed E-state index contributed by atoms with van der Waals surface area (Å²) in [6.07, 6.45) is 0.710. The third kappa shape index (κ3) is 4.74. The van der Waals surface area contributed by atoms with E-state index in [1.807, 2.05) is 54.6 Å². The Morgan fingerprint density at radius 1 is 1.07 bits per heavy atom. The second-order valence-corrected chi connectivity index (χ2v) is 5.86. The molecule has 3 rings (SSSR count). The lowest BCUT2D eigenvalue weighted by Gasteiger charge is -2.09. The first kappa shape index (κ1) is 19.1. The SMILES string of the molecule is COc1ccc(CCNc2oc(COc3ccccc3)nc2C#N)cc1OC. The summed E-state index contributed by atoms with van der Waals surface area (Å²) in [5, 5.41) is 12.4. The van der Waals surface area contributed by atoms with E-state index in [0.29, 0.717) is 42.0 Å². The standard InChI is InChI=1S/C21H21N3O4/c1-25-18-9-8-15(12-19(18)26-2)10-11-23-21-17(13-22)24-20(28-21)14-27-16-6-4-3-5-7-16/h3-9,12,23H,10-11,14H2,1-2H3. The Balaban J connectivity index is 1.58. The van der Waals surface area contributed by atoms with E-state index >= 15 is 0 Å². The molecule has 2 aromatic carbocycles. The van der Waals surface area contributed by atoms with Crippen molar-refractivity contribution in [2.45, 2.75) is 13.0 Å². The van der Waals surface area contributed by atoms with Crippen LogP contribution in [0.25, 0.3) is 0 Å². The number of ether oxygens (including phenoxy) is 3. The molecule has 0 amide bonds. The lowest BCUT2D eigenvalue weighted by atomic mass is 10.1. The van der Waals surface area contributed by atoms with Crippen LogP contribution in [0.4, 0.5) is 5.88 Å². The molecule has 0 bridgehead atoms. The van der Waals surface area contributed by atoms with Crippen molar-refractivity contribution in [2.24, 2.45) is 0 Å². The lowest BCUT2D eigenvalue weighted by molar-refractivity contribution is 0.265. The van der Waals surface area contributed by atoms with E-state index < -0.39 is 0 Å². The maximum Gasteiger partial charge on any atom is 0.236 e. The minimum Gasteiger partial charge on any atom is -0.493 e. The minimum atomic E-state index is 0.149. The number of nitriles is 1. The van der Waals surface area contributed by atoms with Crippen LogP contribution in [0.3, 0.4) is 0 Å². The number of methoxy groups -OCH3 is 2. The van der Waals surface area contributed by atoms with Gasteiger partial charge in [-0.3, -0.25) is 0 Å². The van der Waals surface area contributed by atoms with E-state index in [-0.39, 0.29) is 12.3 Å². The first-order valence-corrected chi connectivity index (χ1v) is 8.76. The van der Waals surface area contributed by atoms with Gasteiger partial charge in [-0.1, -0.05) is 24.3 Å². The van der Waals surface area contributed by atoms with Gasteiger partial charge in [-0.15, -0.1) is 0 Å². The summed E-state index contributed by atoms with van der Waals surface area (Å²) in [6, 6.07) is 17.1. The summed E-state index contributed by atoms with van der Waals surface area (Å²) in [6.45, 7) is 0.717. The number of oxazole rings is 1. The minimum absolute atomic E-state index is 0.149. The largest absolute Gasteiger partial charge is 0.493 e. The maximum atomic E-state index is 9.28. The third-order valence-electron chi connectivity index (χ3n) is 4.03. The number of hydrogen-bond donors (Lipinski definition) is 1. The summed E-state index contributed by atoms with van der Waals surface area (Å²) in [4.78, 5) is 4.17. The van der Waals surface area contributed by atoms with Crippen LogP contribution < -0.4 is 19.5 Å². The van der Waals surface area contributed by atoms with Crippen molar-refractivity contribution in [3.63, 3.8) is 0 Å². The monoisotopic (exact) mass is 379 g/mol. The summed E-state index contributed by atoms with van der Waals surface area (Å²) >= 11 is 0. The molecule has 28 heavy (non-hydrogen) atoms. The number of anilines is 1. The Labute approximate surface area is 163 Å². The summed E-state index contributed by atoms with van der Waals surface area (Å²) < 4.78 is 21.8. The van der Waals surface area contributed by atoms with E-state index in [9.17, 15) is 5.26 Å². The fourth-order valence-corrected chi connectivity index (χ4v) is 2.64. The molecule has 0 aliphatic carbocycles.